The molecular weight excluding hydrogens is 316 g/mol. The Labute approximate surface area is 146 Å². The lowest BCUT2D eigenvalue weighted by Crippen LogP contribution is -2.32. The van der Waals surface area contributed by atoms with Crippen LogP contribution in [-0.2, 0) is 11.2 Å². The maximum Gasteiger partial charge on any atom is 0.255 e. The average Bonchev–Trinajstić information content (AvgIpc) is 2.88. The minimum absolute atomic E-state index is 0.148. The minimum Gasteiger partial charge on any atom is -0.497 e. The summed E-state index contributed by atoms with van der Waals surface area (Å²) in [7, 11) is 1.59. The van der Waals surface area contributed by atoms with Gasteiger partial charge in [0.1, 0.15) is 5.75 Å². The molecule has 4 rings (SSSR count). The number of hydrogen-bond donors (Lipinski definition) is 1. The second kappa shape index (κ2) is 5.92. The molecule has 2 aliphatic heterocycles. The Morgan fingerprint density at radius 2 is 2.00 bits per heavy atom. The molecule has 0 radical (unpaired) electrons. The van der Waals surface area contributed by atoms with Crippen molar-refractivity contribution in [2.75, 3.05) is 23.9 Å². The second-order valence-electron chi connectivity index (χ2n) is 6.57. The summed E-state index contributed by atoms with van der Waals surface area (Å²) in [5.41, 5.74) is 4.54. The van der Waals surface area contributed by atoms with E-state index < -0.39 is 0 Å². The Hall–Kier alpha value is -2.82. The lowest BCUT2D eigenvalue weighted by atomic mass is 9.96. The molecule has 2 aromatic rings. The van der Waals surface area contributed by atoms with Crippen molar-refractivity contribution >= 4 is 23.2 Å². The molecule has 0 fully saturated rings. The zero-order valence-corrected chi connectivity index (χ0v) is 14.3. The fraction of sp³-hybridized carbons (Fsp3) is 0.300. The van der Waals surface area contributed by atoms with Crippen LogP contribution in [0.25, 0.3) is 0 Å². The largest absolute Gasteiger partial charge is 0.497 e. The third-order valence-electron chi connectivity index (χ3n) is 5.03. The molecule has 2 amide bonds. The third-order valence-corrected chi connectivity index (χ3v) is 5.03. The molecule has 0 spiro atoms. The van der Waals surface area contributed by atoms with Gasteiger partial charge in [0.15, 0.2) is 0 Å². The van der Waals surface area contributed by atoms with Gasteiger partial charge in [0.2, 0.25) is 5.91 Å². The van der Waals surface area contributed by atoms with Gasteiger partial charge in [-0.25, -0.2) is 0 Å². The Balaban J connectivity index is 1.64. The summed E-state index contributed by atoms with van der Waals surface area (Å²) < 4.78 is 5.12. The van der Waals surface area contributed by atoms with Gasteiger partial charge >= 0.3 is 0 Å². The molecule has 2 aromatic carbocycles. The van der Waals surface area contributed by atoms with Crippen LogP contribution < -0.4 is 15.0 Å². The fourth-order valence-electron chi connectivity index (χ4n) is 3.71. The van der Waals surface area contributed by atoms with E-state index in [0.29, 0.717) is 11.3 Å². The second-order valence-corrected chi connectivity index (χ2v) is 6.57. The van der Waals surface area contributed by atoms with E-state index in [1.165, 1.54) is 0 Å². The lowest BCUT2D eigenvalue weighted by molar-refractivity contribution is -0.119. The molecule has 5 heteroatoms. The number of ether oxygens (including phenoxy) is 1. The van der Waals surface area contributed by atoms with Gasteiger partial charge in [-0.3, -0.25) is 9.59 Å². The van der Waals surface area contributed by atoms with Crippen molar-refractivity contribution in [2.45, 2.75) is 25.7 Å². The number of aryl methyl sites for hydroxylation is 1. The van der Waals surface area contributed by atoms with Crippen LogP contribution in [0.2, 0.25) is 0 Å². The Bertz CT molecular complexity index is 858. The molecule has 1 atom stereocenters. The summed E-state index contributed by atoms with van der Waals surface area (Å²) >= 11 is 0. The van der Waals surface area contributed by atoms with Gasteiger partial charge in [0, 0.05) is 17.8 Å². The van der Waals surface area contributed by atoms with Crippen LogP contribution in [-0.4, -0.2) is 25.5 Å². The van der Waals surface area contributed by atoms with Crippen molar-refractivity contribution in [3.8, 4) is 5.75 Å². The summed E-state index contributed by atoms with van der Waals surface area (Å²) in [5.74, 6) is 0.560. The first-order valence-corrected chi connectivity index (χ1v) is 8.52. The first-order valence-electron chi connectivity index (χ1n) is 8.52. The predicted octanol–water partition coefficient (Wildman–Crippen LogP) is 3.34. The molecule has 0 saturated carbocycles. The van der Waals surface area contributed by atoms with Crippen LogP contribution in [0.4, 0.5) is 11.4 Å². The summed E-state index contributed by atoms with van der Waals surface area (Å²) in [5, 5.41) is 2.96. The standard InChI is InChI=1S/C20H20N2O3/c1-12-17-11-15(10-14-4-3-9-22(18(14)17)20(12)24)21-19(23)13-5-7-16(25-2)8-6-13/h5-8,10-12H,3-4,9H2,1-2H3,(H,21,23)/t12-/m1/s1. The quantitative estimate of drug-likeness (QED) is 0.935. The van der Waals surface area contributed by atoms with E-state index in [1.807, 2.05) is 24.0 Å². The molecule has 0 aliphatic carbocycles. The highest BCUT2D eigenvalue weighted by Crippen LogP contribution is 2.44. The Morgan fingerprint density at radius 1 is 1.24 bits per heavy atom. The topological polar surface area (TPSA) is 58.6 Å². The van der Waals surface area contributed by atoms with Crippen LogP contribution in [0.3, 0.4) is 0 Å². The van der Waals surface area contributed by atoms with Gasteiger partial charge in [-0.05, 0) is 67.3 Å². The van der Waals surface area contributed by atoms with Crippen LogP contribution in [0, 0.1) is 0 Å². The first-order chi connectivity index (χ1) is 12.1. The SMILES string of the molecule is COc1ccc(C(=O)Nc2cc3c4c(c2)[C@@H](C)C(=O)N4CCC3)cc1. The zero-order chi connectivity index (χ0) is 17.6. The summed E-state index contributed by atoms with van der Waals surface area (Å²) in [6.07, 6.45) is 1.89. The number of carbonyl (C=O) groups is 2. The molecular formula is C20H20N2O3. The number of nitrogens with one attached hydrogen (secondary N) is 1. The number of carbonyl (C=O) groups excluding carboxylic acids is 2. The third kappa shape index (κ3) is 2.56. The summed E-state index contributed by atoms with van der Waals surface area (Å²) in [4.78, 5) is 26.8. The smallest absolute Gasteiger partial charge is 0.255 e. The predicted molar refractivity (Wildman–Crippen MR) is 96.5 cm³/mol. The molecule has 25 heavy (non-hydrogen) atoms. The molecule has 128 valence electrons. The van der Waals surface area contributed by atoms with E-state index in [2.05, 4.69) is 5.32 Å². The van der Waals surface area contributed by atoms with E-state index in [1.54, 1.807) is 31.4 Å². The zero-order valence-electron chi connectivity index (χ0n) is 14.3. The van der Waals surface area contributed by atoms with E-state index in [0.717, 1.165) is 41.9 Å². The van der Waals surface area contributed by atoms with Crippen LogP contribution >= 0.6 is 0 Å². The Kier molecular flexibility index (Phi) is 3.71. The summed E-state index contributed by atoms with van der Waals surface area (Å²) in [6, 6.07) is 10.9. The number of rotatable bonds is 3. The van der Waals surface area contributed by atoms with E-state index >= 15 is 0 Å². The number of amides is 2. The van der Waals surface area contributed by atoms with Crippen LogP contribution in [0.15, 0.2) is 36.4 Å². The first kappa shape index (κ1) is 15.7. The molecule has 0 aromatic heterocycles. The molecule has 2 aliphatic rings. The van der Waals surface area contributed by atoms with Crippen molar-refractivity contribution in [1.82, 2.24) is 0 Å². The number of hydrogen-bond acceptors (Lipinski definition) is 3. The number of benzene rings is 2. The number of nitrogens with zero attached hydrogens (tertiary/aromatic N) is 1. The van der Waals surface area contributed by atoms with Crippen molar-refractivity contribution in [2.24, 2.45) is 0 Å². The van der Waals surface area contributed by atoms with Gasteiger partial charge < -0.3 is 15.0 Å². The number of anilines is 2. The molecule has 2 heterocycles. The van der Waals surface area contributed by atoms with Gasteiger partial charge in [0.05, 0.1) is 18.7 Å². The highest BCUT2D eigenvalue weighted by molar-refractivity contribution is 6.08. The van der Waals surface area contributed by atoms with Gasteiger partial charge in [-0.2, -0.15) is 0 Å². The van der Waals surface area contributed by atoms with Crippen LogP contribution in [0.5, 0.6) is 5.75 Å². The molecule has 1 N–H and O–H groups in total. The Morgan fingerprint density at radius 3 is 2.72 bits per heavy atom. The lowest BCUT2D eigenvalue weighted by Gasteiger charge is -2.26. The van der Waals surface area contributed by atoms with Gasteiger partial charge in [0.25, 0.3) is 5.91 Å². The van der Waals surface area contributed by atoms with Gasteiger partial charge in [-0.15, -0.1) is 0 Å². The fourth-order valence-corrected chi connectivity index (χ4v) is 3.71. The molecule has 5 nitrogen and oxygen atoms in total. The van der Waals surface area contributed by atoms with Crippen molar-refractivity contribution in [3.05, 3.63) is 53.1 Å². The van der Waals surface area contributed by atoms with E-state index in [4.69, 9.17) is 4.74 Å². The normalized spacial score (nSPS) is 18.1. The average molecular weight is 336 g/mol. The highest BCUT2D eigenvalue weighted by atomic mass is 16.5. The van der Waals surface area contributed by atoms with Crippen molar-refractivity contribution < 1.29 is 14.3 Å². The molecule has 0 unspecified atom stereocenters. The summed E-state index contributed by atoms with van der Waals surface area (Å²) in [6.45, 7) is 2.73. The highest BCUT2D eigenvalue weighted by Gasteiger charge is 2.37. The maximum atomic E-state index is 12.5. The van der Waals surface area contributed by atoms with Crippen molar-refractivity contribution in [3.63, 3.8) is 0 Å². The van der Waals surface area contributed by atoms with E-state index in [-0.39, 0.29) is 17.7 Å². The van der Waals surface area contributed by atoms with Crippen LogP contribution in [0.1, 0.15) is 40.7 Å². The van der Waals surface area contributed by atoms with E-state index in [9.17, 15) is 9.59 Å². The minimum atomic E-state index is -0.167. The molecule has 0 bridgehead atoms. The monoisotopic (exact) mass is 336 g/mol. The number of methoxy groups -OCH3 is 1. The molecule has 0 saturated heterocycles. The van der Waals surface area contributed by atoms with Crippen molar-refractivity contribution in [1.29, 1.82) is 0 Å². The van der Waals surface area contributed by atoms with Gasteiger partial charge in [-0.1, -0.05) is 0 Å². The maximum absolute atomic E-state index is 12.5.